The van der Waals surface area contributed by atoms with Gasteiger partial charge in [-0.25, -0.2) is 4.68 Å². The van der Waals surface area contributed by atoms with Crippen LogP contribution in [-0.2, 0) is 12.1 Å². The largest absolute Gasteiger partial charge is 0.324 e. The summed E-state index contributed by atoms with van der Waals surface area (Å²) in [5, 5.41) is 11.2. The van der Waals surface area contributed by atoms with Gasteiger partial charge in [0.05, 0.1) is 12.1 Å². The van der Waals surface area contributed by atoms with Gasteiger partial charge < -0.3 is 5.73 Å². The summed E-state index contributed by atoms with van der Waals surface area (Å²) >= 11 is 0. The number of rotatable bonds is 1. The first-order chi connectivity index (χ1) is 5.05. The molecule has 0 bridgehead atoms. The molecule has 0 saturated heterocycles. The summed E-state index contributed by atoms with van der Waals surface area (Å²) < 4.78 is 1.73. The smallest absolute Gasteiger partial charge is 0.165 e. The fraction of sp³-hybridized carbons (Fsp3) is 0.833. The van der Waals surface area contributed by atoms with Crippen LogP contribution in [0.15, 0.2) is 0 Å². The summed E-state index contributed by atoms with van der Waals surface area (Å²) in [5.74, 6) is 0.720. The van der Waals surface area contributed by atoms with Crippen LogP contribution in [0.3, 0.4) is 0 Å². The molecule has 1 rings (SSSR count). The SMILES string of the molecule is CC(C)(C)n1nnnc1CN.Cl. The Hall–Kier alpha value is -0.680. The molecule has 0 radical (unpaired) electrons. The molecule has 6 heteroatoms. The van der Waals surface area contributed by atoms with Gasteiger partial charge in [0.2, 0.25) is 0 Å². The summed E-state index contributed by atoms with van der Waals surface area (Å²) in [7, 11) is 0. The van der Waals surface area contributed by atoms with Crippen LogP contribution < -0.4 is 5.73 Å². The number of nitrogens with zero attached hydrogens (tertiary/aromatic N) is 4. The molecule has 0 aromatic carbocycles. The average Bonchev–Trinajstić information content (AvgIpc) is 2.31. The van der Waals surface area contributed by atoms with Crippen molar-refractivity contribution < 1.29 is 0 Å². The summed E-state index contributed by atoms with van der Waals surface area (Å²) in [6, 6.07) is 0. The normalized spacial score (nSPS) is 11.0. The van der Waals surface area contributed by atoms with Crippen molar-refractivity contribution in [3.05, 3.63) is 5.82 Å². The number of halogens is 1. The Morgan fingerprint density at radius 2 is 2.00 bits per heavy atom. The van der Waals surface area contributed by atoms with Crippen LogP contribution in [0, 0.1) is 0 Å². The number of hydrogen-bond acceptors (Lipinski definition) is 4. The summed E-state index contributed by atoms with van der Waals surface area (Å²) in [5.41, 5.74) is 5.34. The molecule has 0 unspecified atom stereocenters. The Morgan fingerprint density at radius 3 is 2.33 bits per heavy atom. The lowest BCUT2D eigenvalue weighted by Crippen LogP contribution is -2.26. The number of aromatic nitrogens is 4. The van der Waals surface area contributed by atoms with E-state index in [9.17, 15) is 0 Å². The van der Waals surface area contributed by atoms with E-state index in [-0.39, 0.29) is 17.9 Å². The standard InChI is InChI=1S/C6H13N5.ClH/c1-6(2,3)11-5(4-7)8-9-10-11;/h4,7H2,1-3H3;1H. The Bertz CT molecular complexity index is 238. The molecule has 1 heterocycles. The first kappa shape index (κ1) is 11.3. The summed E-state index contributed by atoms with van der Waals surface area (Å²) in [4.78, 5) is 0. The molecule has 70 valence electrons. The lowest BCUT2D eigenvalue weighted by atomic mass is 10.1. The highest BCUT2D eigenvalue weighted by atomic mass is 35.5. The van der Waals surface area contributed by atoms with E-state index >= 15 is 0 Å². The molecule has 2 N–H and O–H groups in total. The van der Waals surface area contributed by atoms with E-state index in [0.29, 0.717) is 6.54 Å². The van der Waals surface area contributed by atoms with Crippen molar-refractivity contribution in [3.8, 4) is 0 Å². The second kappa shape index (κ2) is 3.82. The van der Waals surface area contributed by atoms with Crippen LogP contribution in [0.2, 0.25) is 0 Å². The van der Waals surface area contributed by atoms with Gasteiger partial charge in [-0.1, -0.05) is 0 Å². The van der Waals surface area contributed by atoms with E-state index in [1.54, 1.807) is 4.68 Å². The van der Waals surface area contributed by atoms with Crippen molar-refractivity contribution >= 4 is 12.4 Å². The van der Waals surface area contributed by atoms with Crippen molar-refractivity contribution in [1.82, 2.24) is 20.2 Å². The molecule has 0 amide bonds. The zero-order chi connectivity index (χ0) is 8.48. The Balaban J connectivity index is 0.00000121. The van der Waals surface area contributed by atoms with Gasteiger partial charge in [0.1, 0.15) is 0 Å². The van der Waals surface area contributed by atoms with E-state index in [2.05, 4.69) is 15.5 Å². The molecule has 0 aliphatic rings. The molecule has 0 atom stereocenters. The second-order valence-electron chi connectivity index (χ2n) is 3.38. The molecule has 1 aromatic rings. The van der Waals surface area contributed by atoms with E-state index in [1.807, 2.05) is 20.8 Å². The molecule has 1 aromatic heterocycles. The monoisotopic (exact) mass is 191 g/mol. The average molecular weight is 192 g/mol. The van der Waals surface area contributed by atoms with Gasteiger partial charge in [-0.15, -0.1) is 17.5 Å². The Kier molecular flexibility index (Phi) is 3.60. The van der Waals surface area contributed by atoms with E-state index in [4.69, 9.17) is 5.73 Å². The van der Waals surface area contributed by atoms with E-state index in [1.165, 1.54) is 0 Å². The lowest BCUT2D eigenvalue weighted by molar-refractivity contribution is 0.335. The van der Waals surface area contributed by atoms with Gasteiger partial charge >= 0.3 is 0 Å². The molecular formula is C6H14ClN5. The third-order valence-corrected chi connectivity index (χ3v) is 1.35. The maximum absolute atomic E-state index is 5.43. The van der Waals surface area contributed by atoms with Gasteiger partial charge in [-0.2, -0.15) is 0 Å². The molecule has 0 saturated carbocycles. The van der Waals surface area contributed by atoms with Crippen molar-refractivity contribution in [2.45, 2.75) is 32.9 Å². The second-order valence-corrected chi connectivity index (χ2v) is 3.38. The quantitative estimate of drug-likeness (QED) is 0.694. The third-order valence-electron chi connectivity index (χ3n) is 1.35. The van der Waals surface area contributed by atoms with Crippen molar-refractivity contribution in [3.63, 3.8) is 0 Å². The van der Waals surface area contributed by atoms with Crippen LogP contribution in [-0.4, -0.2) is 20.2 Å². The van der Waals surface area contributed by atoms with Crippen LogP contribution in [0.5, 0.6) is 0 Å². The van der Waals surface area contributed by atoms with Crippen molar-refractivity contribution in [2.24, 2.45) is 5.73 Å². The molecular weight excluding hydrogens is 178 g/mol. The molecule has 5 nitrogen and oxygen atoms in total. The topological polar surface area (TPSA) is 69.6 Å². The van der Waals surface area contributed by atoms with Crippen molar-refractivity contribution in [1.29, 1.82) is 0 Å². The number of tetrazole rings is 1. The van der Waals surface area contributed by atoms with Gasteiger partial charge in [-0.05, 0) is 31.2 Å². The lowest BCUT2D eigenvalue weighted by Gasteiger charge is -2.19. The maximum Gasteiger partial charge on any atom is 0.165 e. The first-order valence-corrected chi connectivity index (χ1v) is 3.53. The van der Waals surface area contributed by atoms with Crippen LogP contribution >= 0.6 is 12.4 Å². The van der Waals surface area contributed by atoms with Gasteiger partial charge in [-0.3, -0.25) is 0 Å². The molecule has 12 heavy (non-hydrogen) atoms. The van der Waals surface area contributed by atoms with E-state index < -0.39 is 0 Å². The minimum absolute atomic E-state index is 0. The highest BCUT2D eigenvalue weighted by Gasteiger charge is 2.17. The van der Waals surface area contributed by atoms with Crippen LogP contribution in [0.1, 0.15) is 26.6 Å². The van der Waals surface area contributed by atoms with Gasteiger partial charge in [0.25, 0.3) is 0 Å². The molecule has 0 fully saturated rings. The van der Waals surface area contributed by atoms with Crippen LogP contribution in [0.25, 0.3) is 0 Å². The Morgan fingerprint density at radius 1 is 1.42 bits per heavy atom. The zero-order valence-electron chi connectivity index (χ0n) is 7.48. The minimum Gasteiger partial charge on any atom is -0.324 e. The Labute approximate surface area is 77.7 Å². The van der Waals surface area contributed by atoms with E-state index in [0.717, 1.165) is 5.82 Å². The highest BCUT2D eigenvalue weighted by Crippen LogP contribution is 2.12. The molecule has 0 aliphatic heterocycles. The fourth-order valence-electron chi connectivity index (χ4n) is 0.854. The summed E-state index contributed by atoms with van der Waals surface area (Å²) in [6.45, 7) is 6.47. The zero-order valence-corrected chi connectivity index (χ0v) is 8.30. The number of nitrogens with two attached hydrogens (primary N) is 1. The third kappa shape index (κ3) is 2.15. The summed E-state index contributed by atoms with van der Waals surface area (Å²) in [6.07, 6.45) is 0. The molecule has 0 spiro atoms. The maximum atomic E-state index is 5.43. The minimum atomic E-state index is -0.0851. The fourth-order valence-corrected chi connectivity index (χ4v) is 0.854. The first-order valence-electron chi connectivity index (χ1n) is 3.53. The highest BCUT2D eigenvalue weighted by molar-refractivity contribution is 5.85. The van der Waals surface area contributed by atoms with Crippen LogP contribution in [0.4, 0.5) is 0 Å². The number of hydrogen-bond donors (Lipinski definition) is 1. The predicted octanol–water partition coefficient (Wildman–Crippen LogP) is 0.309. The predicted molar refractivity (Wildman–Crippen MR) is 48.0 cm³/mol. The van der Waals surface area contributed by atoms with Crippen molar-refractivity contribution in [2.75, 3.05) is 0 Å². The van der Waals surface area contributed by atoms with Gasteiger partial charge in [0.15, 0.2) is 5.82 Å². The molecule has 0 aliphatic carbocycles. The van der Waals surface area contributed by atoms with Gasteiger partial charge in [0, 0.05) is 0 Å².